The van der Waals surface area contributed by atoms with Gasteiger partial charge in [0.1, 0.15) is 0 Å². The predicted molar refractivity (Wildman–Crippen MR) is 83.1 cm³/mol. The maximum absolute atomic E-state index is 7.80. The number of nitrogens with one attached hydrogen (secondary N) is 1. The van der Waals surface area contributed by atoms with E-state index in [0.717, 1.165) is 12.8 Å². The Bertz CT molecular complexity index is 120. The van der Waals surface area contributed by atoms with Crippen molar-refractivity contribution in [1.29, 1.82) is 0 Å². The molecule has 0 aromatic heterocycles. The molecule has 19 heavy (non-hydrogen) atoms. The summed E-state index contributed by atoms with van der Waals surface area (Å²) in [4.78, 5) is 0. The van der Waals surface area contributed by atoms with E-state index in [0.29, 0.717) is 0 Å². The van der Waals surface area contributed by atoms with Gasteiger partial charge in [-0.05, 0) is 11.0 Å². The Balaban J connectivity index is -0.0000000704. The van der Waals surface area contributed by atoms with Gasteiger partial charge in [0.15, 0.2) is 0 Å². The van der Waals surface area contributed by atoms with Crippen LogP contribution in [0, 0.1) is 14.9 Å². The van der Waals surface area contributed by atoms with Gasteiger partial charge >= 0.3 is 21.7 Å². The summed E-state index contributed by atoms with van der Waals surface area (Å²) in [7, 11) is 0. The molecule has 0 bridgehead atoms. The minimum absolute atomic E-state index is 0. The first kappa shape index (κ1) is 37.1. The minimum Gasteiger partial charge on any atom is -1.00 e. The molecule has 1 aliphatic carbocycles. The third-order valence-corrected chi connectivity index (χ3v) is 3.11. The zero-order valence-electron chi connectivity index (χ0n) is 12.1. The van der Waals surface area contributed by atoms with E-state index >= 15 is 0 Å². The smallest absolute Gasteiger partial charge is 1.00 e. The fourth-order valence-corrected chi connectivity index (χ4v) is 2.16. The first-order valence-electron chi connectivity index (χ1n) is 6.11. The van der Waals surface area contributed by atoms with E-state index in [1.807, 2.05) is 0 Å². The molecule has 1 aliphatic rings. The standard InChI is InChI=1S/C12H24N.2CH3.2ClH.H4Si.Ti/c13-12-10-8-6-4-2-1-3-5-7-9-11-12;;;;;;/h12-13H,1-11H2;2*1H3;2*1H;1H4;/q3*-1;;;;+2/p-2. The normalized spacial score (nSPS) is 16.9. The van der Waals surface area contributed by atoms with Crippen molar-refractivity contribution in [1.82, 2.24) is 0 Å². The van der Waals surface area contributed by atoms with Crippen LogP contribution in [0.2, 0.25) is 0 Å². The van der Waals surface area contributed by atoms with Gasteiger partial charge in [-0.15, -0.1) is 6.04 Å². The molecule has 1 saturated carbocycles. The van der Waals surface area contributed by atoms with Crippen molar-refractivity contribution in [2.45, 2.75) is 76.7 Å². The maximum atomic E-state index is 7.80. The van der Waals surface area contributed by atoms with Crippen LogP contribution in [0.15, 0.2) is 0 Å². The fraction of sp³-hybridized carbons (Fsp3) is 0.857. The molecule has 0 amide bonds. The Morgan fingerprint density at radius 1 is 0.579 bits per heavy atom. The van der Waals surface area contributed by atoms with Crippen LogP contribution >= 0.6 is 0 Å². The second-order valence-electron chi connectivity index (χ2n) is 4.46. The van der Waals surface area contributed by atoms with Crippen molar-refractivity contribution in [2.24, 2.45) is 0 Å². The van der Waals surface area contributed by atoms with Gasteiger partial charge in [0.05, 0.1) is 0 Å². The van der Waals surface area contributed by atoms with E-state index in [9.17, 15) is 0 Å². The van der Waals surface area contributed by atoms with Crippen LogP contribution in [-0.2, 0) is 21.7 Å². The molecule has 0 atom stereocenters. The second kappa shape index (κ2) is 27.8. The third-order valence-electron chi connectivity index (χ3n) is 3.11. The SMILES string of the molecule is [CH3-].[CH3-].[Cl-].[Cl-].[NH-]C1CCCCCCCCCCC1.[SiH4].[Ti+2]. The molecule has 120 valence electrons. The van der Waals surface area contributed by atoms with Gasteiger partial charge in [0, 0.05) is 0 Å². The van der Waals surface area contributed by atoms with Crippen LogP contribution in [0.25, 0.3) is 5.73 Å². The first-order valence-corrected chi connectivity index (χ1v) is 6.11. The summed E-state index contributed by atoms with van der Waals surface area (Å²) in [5.41, 5.74) is 7.80. The molecule has 0 radical (unpaired) electrons. The van der Waals surface area contributed by atoms with Crippen LogP contribution in [0.4, 0.5) is 0 Å². The average Bonchev–Trinajstić information content (AvgIpc) is 2.11. The first-order chi connectivity index (χ1) is 6.39. The Labute approximate surface area is 154 Å². The van der Waals surface area contributed by atoms with Crippen LogP contribution in [0.1, 0.15) is 70.6 Å². The zero-order valence-corrected chi connectivity index (χ0v) is 15.2. The number of hydrogen-bond donors (Lipinski definition) is 0. The molecule has 0 aliphatic heterocycles. The predicted octanol–water partition coefficient (Wildman–Crippen LogP) is -1.83. The van der Waals surface area contributed by atoms with Crippen LogP contribution in [0.5, 0.6) is 0 Å². The molecule has 5 heteroatoms. The Morgan fingerprint density at radius 3 is 1.05 bits per heavy atom. The van der Waals surface area contributed by atoms with E-state index in [-0.39, 0.29) is 78.4 Å². The maximum Gasteiger partial charge on any atom is 2.00 e. The van der Waals surface area contributed by atoms with Gasteiger partial charge in [-0.3, -0.25) is 0 Å². The van der Waals surface area contributed by atoms with E-state index in [4.69, 9.17) is 5.73 Å². The molecule has 0 saturated heterocycles. The molecule has 0 spiro atoms. The Morgan fingerprint density at radius 2 is 0.789 bits per heavy atom. The van der Waals surface area contributed by atoms with Gasteiger partial charge < -0.3 is 45.4 Å². The summed E-state index contributed by atoms with van der Waals surface area (Å²) in [5.74, 6) is 0. The summed E-state index contributed by atoms with van der Waals surface area (Å²) in [6.07, 6.45) is 14.8. The average molecular weight is 363 g/mol. The van der Waals surface area contributed by atoms with Gasteiger partial charge in [-0.1, -0.05) is 70.6 Å². The van der Waals surface area contributed by atoms with E-state index in [1.165, 1.54) is 57.8 Å². The second-order valence-corrected chi connectivity index (χ2v) is 4.46. The minimum atomic E-state index is 0. The largest absolute Gasteiger partial charge is 2.00 e. The Kier molecular flexibility index (Phi) is 54.1. The Hall–Kier alpha value is 1.47. The molecule has 1 N–H and O–H groups in total. The van der Waals surface area contributed by atoms with Crippen molar-refractivity contribution >= 4 is 11.0 Å². The van der Waals surface area contributed by atoms with E-state index in [1.54, 1.807) is 0 Å². The summed E-state index contributed by atoms with van der Waals surface area (Å²) in [6.45, 7) is 0. The third kappa shape index (κ3) is 24.8. The fourth-order valence-electron chi connectivity index (χ4n) is 2.16. The molecule has 0 aromatic carbocycles. The monoisotopic (exact) mass is 362 g/mol. The molecular formula is C14H34Cl2NSiTi-3. The van der Waals surface area contributed by atoms with E-state index in [2.05, 4.69) is 0 Å². The quantitative estimate of drug-likeness (QED) is 0.357. The van der Waals surface area contributed by atoms with Gasteiger partial charge in [-0.2, -0.15) is 0 Å². The summed E-state index contributed by atoms with van der Waals surface area (Å²) in [5, 5.41) is 0. The van der Waals surface area contributed by atoms with Crippen LogP contribution < -0.4 is 24.8 Å². The summed E-state index contributed by atoms with van der Waals surface area (Å²) >= 11 is 0. The molecular weight excluding hydrogens is 329 g/mol. The topological polar surface area (TPSA) is 23.8 Å². The molecule has 0 heterocycles. The number of halogens is 2. The van der Waals surface area contributed by atoms with Gasteiger partial charge in [0.2, 0.25) is 0 Å². The number of rotatable bonds is 0. The van der Waals surface area contributed by atoms with Crippen molar-refractivity contribution in [3.05, 3.63) is 20.6 Å². The van der Waals surface area contributed by atoms with Gasteiger partial charge in [0.25, 0.3) is 0 Å². The van der Waals surface area contributed by atoms with Crippen molar-refractivity contribution in [3.63, 3.8) is 0 Å². The summed E-state index contributed by atoms with van der Waals surface area (Å²) < 4.78 is 0. The van der Waals surface area contributed by atoms with Crippen molar-refractivity contribution in [2.75, 3.05) is 0 Å². The molecule has 0 unspecified atom stereocenters. The zero-order chi connectivity index (χ0) is 9.36. The van der Waals surface area contributed by atoms with E-state index < -0.39 is 0 Å². The van der Waals surface area contributed by atoms with Gasteiger partial charge in [-0.25, -0.2) is 0 Å². The summed E-state index contributed by atoms with van der Waals surface area (Å²) in [6, 6.07) is 0.249. The van der Waals surface area contributed by atoms with Crippen molar-refractivity contribution in [3.8, 4) is 0 Å². The van der Waals surface area contributed by atoms with Crippen LogP contribution in [-0.4, -0.2) is 17.0 Å². The molecule has 1 fully saturated rings. The molecule has 0 aromatic rings. The molecule has 1 rings (SSSR count). The number of hydrogen-bond acceptors (Lipinski definition) is 0. The van der Waals surface area contributed by atoms with Crippen molar-refractivity contribution < 1.29 is 46.5 Å². The molecule has 1 nitrogen and oxygen atoms in total. The van der Waals surface area contributed by atoms with Crippen LogP contribution in [0.3, 0.4) is 0 Å².